The Morgan fingerprint density at radius 3 is 2.58 bits per heavy atom. The average molecular weight is 346 g/mol. The molecule has 5 heteroatoms. The number of benzene rings is 1. The Labute approximate surface area is 145 Å². The van der Waals surface area contributed by atoms with E-state index in [9.17, 15) is 8.42 Å². The maximum atomic E-state index is 12.5. The fourth-order valence-electron chi connectivity index (χ4n) is 3.57. The van der Waals surface area contributed by atoms with E-state index in [0.717, 1.165) is 24.9 Å². The first-order valence-corrected chi connectivity index (χ1v) is 10.5. The van der Waals surface area contributed by atoms with Gasteiger partial charge in [0, 0.05) is 25.5 Å². The second-order valence-electron chi connectivity index (χ2n) is 6.67. The van der Waals surface area contributed by atoms with E-state index in [1.807, 2.05) is 30.3 Å². The van der Waals surface area contributed by atoms with Crippen LogP contribution in [-0.2, 0) is 22.6 Å². The summed E-state index contributed by atoms with van der Waals surface area (Å²) in [7, 11) is -1.02. The SMILES string of the molecule is Cn1cccc1[C@H]1CCCCN1CCS(=O)(=O)Cc1ccccc1. The highest BCUT2D eigenvalue weighted by atomic mass is 32.2. The van der Waals surface area contributed by atoms with Gasteiger partial charge < -0.3 is 4.57 Å². The van der Waals surface area contributed by atoms with Crippen LogP contribution in [0.2, 0.25) is 0 Å². The van der Waals surface area contributed by atoms with Gasteiger partial charge in [-0.2, -0.15) is 0 Å². The molecular formula is C19H26N2O2S. The van der Waals surface area contributed by atoms with Crippen LogP contribution >= 0.6 is 0 Å². The van der Waals surface area contributed by atoms with Gasteiger partial charge in [-0.1, -0.05) is 36.8 Å². The topological polar surface area (TPSA) is 42.3 Å². The molecule has 4 nitrogen and oxygen atoms in total. The Bertz CT molecular complexity index is 753. The molecule has 0 amide bonds. The van der Waals surface area contributed by atoms with Crippen molar-refractivity contribution in [3.05, 3.63) is 59.9 Å². The maximum Gasteiger partial charge on any atom is 0.155 e. The van der Waals surface area contributed by atoms with E-state index in [-0.39, 0.29) is 11.5 Å². The van der Waals surface area contributed by atoms with Crippen LogP contribution in [0.1, 0.15) is 36.6 Å². The zero-order valence-electron chi connectivity index (χ0n) is 14.3. The number of hydrogen-bond acceptors (Lipinski definition) is 3. The van der Waals surface area contributed by atoms with Crippen LogP contribution in [0.15, 0.2) is 48.7 Å². The summed E-state index contributed by atoms with van der Waals surface area (Å²) in [6.45, 7) is 1.60. The van der Waals surface area contributed by atoms with Crippen molar-refractivity contribution >= 4 is 9.84 Å². The molecule has 1 aliphatic heterocycles. The predicted octanol–water partition coefficient (Wildman–Crippen LogP) is 3.17. The normalized spacial score (nSPS) is 19.5. The summed E-state index contributed by atoms with van der Waals surface area (Å²) in [5.41, 5.74) is 2.16. The third kappa shape index (κ3) is 4.28. The molecule has 1 aliphatic rings. The highest BCUT2D eigenvalue weighted by Gasteiger charge is 2.26. The summed E-state index contributed by atoms with van der Waals surface area (Å²) in [6.07, 6.45) is 5.54. The molecule has 1 saturated heterocycles. The van der Waals surface area contributed by atoms with Crippen LogP contribution in [0.25, 0.3) is 0 Å². The van der Waals surface area contributed by atoms with Gasteiger partial charge in [-0.25, -0.2) is 8.42 Å². The number of piperidine rings is 1. The Hall–Kier alpha value is -1.59. The Kier molecular flexibility index (Phi) is 5.41. The van der Waals surface area contributed by atoms with Gasteiger partial charge in [0.05, 0.1) is 17.5 Å². The van der Waals surface area contributed by atoms with Gasteiger partial charge in [0.2, 0.25) is 0 Å². The molecule has 0 saturated carbocycles. The van der Waals surface area contributed by atoms with Crippen molar-refractivity contribution in [1.82, 2.24) is 9.47 Å². The molecule has 0 radical (unpaired) electrons. The number of nitrogens with zero attached hydrogens (tertiary/aromatic N) is 2. The van der Waals surface area contributed by atoms with Gasteiger partial charge in [0.25, 0.3) is 0 Å². The third-order valence-electron chi connectivity index (χ3n) is 4.86. The average Bonchev–Trinajstić information content (AvgIpc) is 3.00. The molecule has 130 valence electrons. The van der Waals surface area contributed by atoms with E-state index < -0.39 is 9.84 Å². The van der Waals surface area contributed by atoms with Gasteiger partial charge >= 0.3 is 0 Å². The van der Waals surface area contributed by atoms with Crippen molar-refractivity contribution in [3.63, 3.8) is 0 Å². The van der Waals surface area contributed by atoms with Crippen molar-refractivity contribution in [3.8, 4) is 0 Å². The molecule has 0 unspecified atom stereocenters. The number of sulfone groups is 1. The lowest BCUT2D eigenvalue weighted by atomic mass is 9.99. The summed E-state index contributed by atoms with van der Waals surface area (Å²) < 4.78 is 27.1. The van der Waals surface area contributed by atoms with Crippen molar-refractivity contribution < 1.29 is 8.42 Å². The minimum absolute atomic E-state index is 0.135. The largest absolute Gasteiger partial charge is 0.353 e. The Morgan fingerprint density at radius 2 is 1.88 bits per heavy atom. The molecule has 0 aliphatic carbocycles. The molecular weight excluding hydrogens is 320 g/mol. The molecule has 2 heterocycles. The van der Waals surface area contributed by atoms with E-state index in [1.54, 1.807) is 0 Å². The van der Waals surface area contributed by atoms with Gasteiger partial charge in [0.1, 0.15) is 0 Å². The molecule has 1 aromatic carbocycles. The third-order valence-corrected chi connectivity index (χ3v) is 6.44. The highest BCUT2D eigenvalue weighted by Crippen LogP contribution is 2.30. The van der Waals surface area contributed by atoms with E-state index in [4.69, 9.17) is 0 Å². The van der Waals surface area contributed by atoms with E-state index in [2.05, 4.69) is 34.8 Å². The summed E-state index contributed by atoms with van der Waals surface area (Å²) in [4.78, 5) is 2.35. The zero-order chi connectivity index (χ0) is 17.0. The summed E-state index contributed by atoms with van der Waals surface area (Å²) in [5.74, 6) is 0.360. The highest BCUT2D eigenvalue weighted by molar-refractivity contribution is 7.90. The Morgan fingerprint density at radius 1 is 1.08 bits per heavy atom. The van der Waals surface area contributed by atoms with Crippen LogP contribution in [-0.4, -0.2) is 36.7 Å². The van der Waals surface area contributed by atoms with Crippen molar-refractivity contribution in [1.29, 1.82) is 0 Å². The minimum Gasteiger partial charge on any atom is -0.353 e. The lowest BCUT2D eigenvalue weighted by Crippen LogP contribution is -2.37. The van der Waals surface area contributed by atoms with Crippen LogP contribution in [0.3, 0.4) is 0 Å². The van der Waals surface area contributed by atoms with E-state index in [0.29, 0.717) is 12.6 Å². The number of aryl methyl sites for hydroxylation is 1. The molecule has 1 aromatic heterocycles. The summed E-state index contributed by atoms with van der Waals surface area (Å²) >= 11 is 0. The molecule has 1 atom stereocenters. The van der Waals surface area contributed by atoms with E-state index >= 15 is 0 Å². The quantitative estimate of drug-likeness (QED) is 0.807. The molecule has 0 N–H and O–H groups in total. The van der Waals surface area contributed by atoms with Gasteiger partial charge in [-0.3, -0.25) is 4.90 Å². The molecule has 3 rings (SSSR count). The molecule has 1 fully saturated rings. The lowest BCUT2D eigenvalue weighted by Gasteiger charge is -2.36. The number of hydrogen-bond donors (Lipinski definition) is 0. The minimum atomic E-state index is -3.08. The van der Waals surface area contributed by atoms with Gasteiger partial charge in [0.15, 0.2) is 9.84 Å². The van der Waals surface area contributed by atoms with Crippen LogP contribution in [0.4, 0.5) is 0 Å². The second-order valence-corrected chi connectivity index (χ2v) is 8.85. The number of likely N-dealkylation sites (tertiary alicyclic amines) is 1. The number of rotatable bonds is 6. The van der Waals surface area contributed by atoms with Crippen LogP contribution in [0, 0.1) is 0 Å². The first-order valence-electron chi connectivity index (χ1n) is 8.65. The van der Waals surface area contributed by atoms with Crippen LogP contribution in [0.5, 0.6) is 0 Å². The summed E-state index contributed by atoms with van der Waals surface area (Å²) in [6, 6.07) is 14.0. The monoisotopic (exact) mass is 346 g/mol. The van der Waals surface area contributed by atoms with Gasteiger partial charge in [-0.05, 0) is 37.1 Å². The molecule has 0 bridgehead atoms. The lowest BCUT2D eigenvalue weighted by molar-refractivity contribution is 0.152. The molecule has 2 aromatic rings. The number of aromatic nitrogens is 1. The zero-order valence-corrected chi connectivity index (χ0v) is 15.1. The first-order chi connectivity index (χ1) is 11.6. The Balaban J connectivity index is 1.64. The smallest absolute Gasteiger partial charge is 0.155 e. The fourth-order valence-corrected chi connectivity index (χ4v) is 4.93. The van der Waals surface area contributed by atoms with Crippen LogP contribution < -0.4 is 0 Å². The molecule has 24 heavy (non-hydrogen) atoms. The fraction of sp³-hybridized carbons (Fsp3) is 0.474. The summed E-state index contributed by atoms with van der Waals surface area (Å²) in [5, 5.41) is 0. The van der Waals surface area contributed by atoms with E-state index in [1.165, 1.54) is 12.1 Å². The predicted molar refractivity (Wildman–Crippen MR) is 97.5 cm³/mol. The standard InChI is InChI=1S/C19H26N2O2S/c1-20-12-7-11-18(20)19-10-5-6-13-21(19)14-15-24(22,23)16-17-8-3-2-4-9-17/h2-4,7-9,11-12,19H,5-6,10,13-16H2,1H3/t19-/m1/s1. The van der Waals surface area contributed by atoms with Crippen molar-refractivity contribution in [2.45, 2.75) is 31.1 Å². The van der Waals surface area contributed by atoms with Crippen molar-refractivity contribution in [2.75, 3.05) is 18.8 Å². The molecule has 0 spiro atoms. The first kappa shape index (κ1) is 17.2. The maximum absolute atomic E-state index is 12.5. The second kappa shape index (κ2) is 7.53. The van der Waals surface area contributed by atoms with Crippen molar-refractivity contribution in [2.24, 2.45) is 7.05 Å². The van der Waals surface area contributed by atoms with Gasteiger partial charge in [-0.15, -0.1) is 0 Å².